The van der Waals surface area contributed by atoms with Gasteiger partial charge in [-0.2, -0.15) is 0 Å². The van der Waals surface area contributed by atoms with Gasteiger partial charge in [-0.3, -0.25) is 4.79 Å². The Bertz CT molecular complexity index is 321. The first-order valence-corrected chi connectivity index (χ1v) is 5.39. The van der Waals surface area contributed by atoms with Crippen LogP contribution in [0.25, 0.3) is 0 Å². The monoisotopic (exact) mass is 208 g/mol. The normalized spacial score (nSPS) is 32.0. The van der Waals surface area contributed by atoms with Crippen molar-refractivity contribution in [3.8, 4) is 0 Å². The second-order valence-corrected chi connectivity index (χ2v) is 5.34. The Labute approximate surface area is 88.2 Å². The Morgan fingerprint density at radius 3 is 2.71 bits per heavy atom. The zero-order valence-corrected chi connectivity index (χ0v) is 10.1. The predicted molar refractivity (Wildman–Crippen MR) is 64.3 cm³/mol. The Hall–Kier alpha value is -0.680. The minimum Gasteiger partial charge on any atom is -0.295 e. The van der Waals surface area contributed by atoms with E-state index in [4.69, 9.17) is 0 Å². The van der Waals surface area contributed by atoms with Crippen LogP contribution in [0.5, 0.6) is 0 Å². The zero-order valence-electron chi connectivity index (χ0n) is 8.95. The van der Waals surface area contributed by atoms with E-state index in [9.17, 15) is 4.79 Å². The van der Waals surface area contributed by atoms with Crippen LogP contribution in [0.1, 0.15) is 20.8 Å². The van der Waals surface area contributed by atoms with E-state index < -0.39 is 0 Å². The van der Waals surface area contributed by atoms with Crippen LogP contribution < -0.4 is 0 Å². The SMILES string of the molecule is CC(=O)C1=CC(C)C=CC(C)(P)C=C1. The molecule has 0 fully saturated rings. The van der Waals surface area contributed by atoms with Crippen LogP contribution in [0.4, 0.5) is 0 Å². The van der Waals surface area contributed by atoms with E-state index in [2.05, 4.69) is 35.2 Å². The van der Waals surface area contributed by atoms with Crippen LogP contribution >= 0.6 is 9.24 Å². The lowest BCUT2D eigenvalue weighted by atomic mass is 9.97. The Morgan fingerprint density at radius 2 is 2.14 bits per heavy atom. The molecule has 0 aromatic rings. The van der Waals surface area contributed by atoms with Crippen molar-refractivity contribution in [3.63, 3.8) is 0 Å². The number of carbonyl (C=O) groups is 1. The van der Waals surface area contributed by atoms with Crippen LogP contribution in [0.2, 0.25) is 0 Å². The van der Waals surface area contributed by atoms with E-state index in [1.54, 1.807) is 6.92 Å². The topological polar surface area (TPSA) is 17.1 Å². The van der Waals surface area contributed by atoms with Crippen molar-refractivity contribution in [2.45, 2.75) is 25.9 Å². The fourth-order valence-corrected chi connectivity index (χ4v) is 1.52. The van der Waals surface area contributed by atoms with Crippen LogP contribution in [0.15, 0.2) is 36.0 Å². The highest BCUT2D eigenvalue weighted by Gasteiger charge is 2.13. The molecule has 0 saturated carbocycles. The van der Waals surface area contributed by atoms with Crippen LogP contribution in [0, 0.1) is 5.92 Å². The minimum atomic E-state index is -0.0385. The van der Waals surface area contributed by atoms with Crippen LogP contribution in [-0.2, 0) is 4.79 Å². The first-order valence-electron chi connectivity index (χ1n) is 4.81. The fourth-order valence-electron chi connectivity index (χ4n) is 1.31. The van der Waals surface area contributed by atoms with Gasteiger partial charge in [0.1, 0.15) is 0 Å². The van der Waals surface area contributed by atoms with Gasteiger partial charge in [-0.05, 0) is 19.8 Å². The largest absolute Gasteiger partial charge is 0.295 e. The molecule has 2 heteroatoms. The summed E-state index contributed by atoms with van der Waals surface area (Å²) in [7, 11) is 2.77. The van der Waals surface area contributed by atoms with Gasteiger partial charge in [-0.25, -0.2) is 0 Å². The highest BCUT2D eigenvalue weighted by atomic mass is 31.0. The highest BCUT2D eigenvalue weighted by molar-refractivity contribution is 7.19. The highest BCUT2D eigenvalue weighted by Crippen LogP contribution is 2.25. The third kappa shape index (κ3) is 3.23. The molecule has 1 rings (SSSR count). The fraction of sp³-hybridized carbons (Fsp3) is 0.417. The van der Waals surface area contributed by atoms with Crippen molar-refractivity contribution in [2.75, 3.05) is 0 Å². The molecule has 1 nitrogen and oxygen atoms in total. The van der Waals surface area contributed by atoms with Crippen molar-refractivity contribution in [2.24, 2.45) is 5.92 Å². The molecule has 0 saturated heterocycles. The molecule has 14 heavy (non-hydrogen) atoms. The number of Topliss-reactive ketones (excluding diaryl/α,β-unsaturated/α-hetero) is 1. The molecule has 0 aromatic carbocycles. The Balaban J connectivity index is 3.07. The molecule has 0 radical (unpaired) electrons. The number of ketones is 1. The standard InChI is InChI=1S/C12H17OP/c1-9-4-6-12(3,14)7-5-11(8-9)10(2)13/h4-9H,14H2,1-3H3. The van der Waals surface area contributed by atoms with Gasteiger partial charge >= 0.3 is 0 Å². The summed E-state index contributed by atoms with van der Waals surface area (Å²) in [6.45, 7) is 5.79. The molecule has 1 aliphatic rings. The van der Waals surface area contributed by atoms with Gasteiger partial charge in [0.2, 0.25) is 0 Å². The summed E-state index contributed by atoms with van der Waals surface area (Å²) in [6, 6.07) is 0. The van der Waals surface area contributed by atoms with E-state index in [0.717, 1.165) is 5.57 Å². The first-order chi connectivity index (χ1) is 6.41. The molecule has 0 spiro atoms. The average molecular weight is 208 g/mol. The number of hydrogen-bond donors (Lipinski definition) is 0. The third-order valence-electron chi connectivity index (χ3n) is 2.23. The Kier molecular flexibility index (Phi) is 3.44. The lowest BCUT2D eigenvalue weighted by molar-refractivity contribution is -0.113. The van der Waals surface area contributed by atoms with Crippen molar-refractivity contribution in [1.82, 2.24) is 0 Å². The number of rotatable bonds is 1. The molecule has 1 aliphatic carbocycles. The van der Waals surface area contributed by atoms with E-state index in [-0.39, 0.29) is 10.9 Å². The maximum absolute atomic E-state index is 11.3. The minimum absolute atomic E-state index is 0.0385. The lowest BCUT2D eigenvalue weighted by Gasteiger charge is -2.17. The van der Waals surface area contributed by atoms with Gasteiger partial charge < -0.3 is 0 Å². The molecule has 3 unspecified atom stereocenters. The molecule has 0 aromatic heterocycles. The predicted octanol–water partition coefficient (Wildman–Crippen LogP) is 2.90. The average Bonchev–Trinajstić information content (AvgIpc) is 2.06. The molecule has 76 valence electrons. The quantitative estimate of drug-likeness (QED) is 0.478. The second-order valence-electron chi connectivity index (χ2n) is 4.10. The van der Waals surface area contributed by atoms with Crippen molar-refractivity contribution in [3.05, 3.63) is 36.0 Å². The van der Waals surface area contributed by atoms with Crippen molar-refractivity contribution >= 4 is 15.0 Å². The van der Waals surface area contributed by atoms with Gasteiger partial charge in [0.25, 0.3) is 0 Å². The van der Waals surface area contributed by atoms with E-state index in [1.807, 2.05) is 18.2 Å². The maximum Gasteiger partial charge on any atom is 0.159 e. The Morgan fingerprint density at radius 1 is 1.50 bits per heavy atom. The summed E-state index contributed by atoms with van der Waals surface area (Å²) in [5, 5.41) is -0.0385. The number of hydrogen-bond acceptors (Lipinski definition) is 1. The molecule has 0 heterocycles. The summed E-state index contributed by atoms with van der Waals surface area (Å²) in [6.07, 6.45) is 10.2. The van der Waals surface area contributed by atoms with Gasteiger partial charge in [-0.15, -0.1) is 9.24 Å². The van der Waals surface area contributed by atoms with Crippen molar-refractivity contribution in [1.29, 1.82) is 0 Å². The summed E-state index contributed by atoms with van der Waals surface area (Å²) < 4.78 is 0. The van der Waals surface area contributed by atoms with Gasteiger partial charge in [0.05, 0.1) is 0 Å². The van der Waals surface area contributed by atoms with E-state index >= 15 is 0 Å². The summed E-state index contributed by atoms with van der Waals surface area (Å²) in [5.41, 5.74) is 0.801. The maximum atomic E-state index is 11.3. The van der Waals surface area contributed by atoms with E-state index in [1.165, 1.54) is 0 Å². The summed E-state index contributed by atoms with van der Waals surface area (Å²) >= 11 is 0. The lowest BCUT2D eigenvalue weighted by Crippen LogP contribution is -2.10. The molecule has 0 N–H and O–H groups in total. The van der Waals surface area contributed by atoms with Gasteiger partial charge in [-0.1, -0.05) is 37.3 Å². The van der Waals surface area contributed by atoms with E-state index in [0.29, 0.717) is 5.92 Å². The molecule has 0 amide bonds. The van der Waals surface area contributed by atoms with Crippen LogP contribution in [-0.4, -0.2) is 10.9 Å². The second kappa shape index (κ2) is 4.23. The molecular weight excluding hydrogens is 191 g/mol. The molecule has 0 bridgehead atoms. The smallest absolute Gasteiger partial charge is 0.159 e. The van der Waals surface area contributed by atoms with Gasteiger partial charge in [0.15, 0.2) is 5.78 Å². The van der Waals surface area contributed by atoms with Crippen molar-refractivity contribution < 1.29 is 4.79 Å². The zero-order chi connectivity index (χ0) is 10.8. The number of carbonyl (C=O) groups excluding carboxylic acids is 1. The summed E-state index contributed by atoms with van der Waals surface area (Å²) in [5.74, 6) is 0.447. The van der Waals surface area contributed by atoms with Crippen LogP contribution in [0.3, 0.4) is 0 Å². The number of allylic oxidation sites excluding steroid dienone is 6. The summed E-state index contributed by atoms with van der Waals surface area (Å²) in [4.78, 5) is 11.3. The molecule has 0 aliphatic heterocycles. The molecular formula is C12H17OP. The molecule has 3 atom stereocenters. The van der Waals surface area contributed by atoms with Gasteiger partial charge in [0, 0.05) is 10.7 Å². The third-order valence-corrected chi connectivity index (χ3v) is 2.61. The first kappa shape index (κ1) is 11.4.